The largest absolute Gasteiger partial charge is 0.507 e. The molecule has 0 saturated carbocycles. The molecule has 0 spiro atoms. The summed E-state index contributed by atoms with van der Waals surface area (Å²) in [5.74, 6) is -0.540. The second-order valence-electron chi connectivity index (χ2n) is 5.10. The summed E-state index contributed by atoms with van der Waals surface area (Å²) < 4.78 is 0.713. The van der Waals surface area contributed by atoms with Gasteiger partial charge in [-0.2, -0.15) is 5.10 Å². The number of nitrogens with one attached hydrogen (secondary N) is 1. The molecule has 1 amide bonds. The number of aromatic hydroxyl groups is 1. The topological polar surface area (TPSA) is 61.7 Å². The van der Waals surface area contributed by atoms with Crippen molar-refractivity contribution in [2.24, 2.45) is 5.10 Å². The lowest BCUT2D eigenvalue weighted by atomic mass is 10.0. The van der Waals surface area contributed by atoms with E-state index in [9.17, 15) is 9.90 Å². The first-order valence-electron chi connectivity index (χ1n) is 6.79. The van der Waals surface area contributed by atoms with Gasteiger partial charge in [0.1, 0.15) is 5.75 Å². The van der Waals surface area contributed by atoms with Gasteiger partial charge in [0.15, 0.2) is 0 Å². The number of benzene rings is 2. The Morgan fingerprint density at radius 3 is 2.55 bits per heavy atom. The van der Waals surface area contributed by atoms with Crippen LogP contribution in [0.15, 0.2) is 46.0 Å². The van der Waals surface area contributed by atoms with Gasteiger partial charge >= 0.3 is 0 Å². The van der Waals surface area contributed by atoms with E-state index in [1.54, 1.807) is 12.1 Å². The third-order valence-corrected chi connectivity index (χ3v) is 3.95. The fraction of sp³-hybridized carbons (Fsp3) is 0.176. The predicted molar refractivity (Wildman–Crippen MR) is 91.4 cm³/mol. The molecule has 0 radical (unpaired) electrons. The Hall–Kier alpha value is -2.14. The highest BCUT2D eigenvalue weighted by molar-refractivity contribution is 9.10. The molecule has 2 rings (SSSR count). The number of phenols is 1. The molecule has 2 aromatic carbocycles. The molecule has 0 saturated heterocycles. The van der Waals surface area contributed by atoms with Crippen molar-refractivity contribution in [2.75, 3.05) is 0 Å². The molecule has 0 aliphatic rings. The quantitative estimate of drug-likeness (QED) is 0.643. The van der Waals surface area contributed by atoms with Crippen molar-refractivity contribution >= 4 is 27.5 Å². The maximum Gasteiger partial charge on any atom is 0.275 e. The van der Waals surface area contributed by atoms with Gasteiger partial charge in [-0.25, -0.2) is 5.43 Å². The van der Waals surface area contributed by atoms with Gasteiger partial charge in [-0.3, -0.25) is 4.79 Å². The number of carbonyl (C=O) groups excluding carboxylic acids is 1. The molecule has 0 aliphatic heterocycles. The molecular weight excluding hydrogens is 344 g/mol. The van der Waals surface area contributed by atoms with Crippen LogP contribution < -0.4 is 5.43 Å². The van der Waals surface area contributed by atoms with Crippen molar-refractivity contribution in [3.8, 4) is 5.75 Å². The van der Waals surface area contributed by atoms with E-state index in [-0.39, 0.29) is 11.3 Å². The van der Waals surface area contributed by atoms with Crippen LogP contribution in [-0.4, -0.2) is 16.7 Å². The van der Waals surface area contributed by atoms with Gasteiger partial charge in [-0.1, -0.05) is 28.1 Å². The molecule has 0 bridgehead atoms. The van der Waals surface area contributed by atoms with Crippen molar-refractivity contribution < 1.29 is 9.90 Å². The summed E-state index contributed by atoms with van der Waals surface area (Å²) in [6.07, 6.45) is 0. The average molecular weight is 361 g/mol. The van der Waals surface area contributed by atoms with Crippen LogP contribution in [-0.2, 0) is 0 Å². The minimum absolute atomic E-state index is 0.0836. The second kappa shape index (κ2) is 6.75. The van der Waals surface area contributed by atoms with Crippen LogP contribution in [0, 0.1) is 13.8 Å². The molecule has 5 heteroatoms. The number of hydrogen-bond acceptors (Lipinski definition) is 3. The fourth-order valence-electron chi connectivity index (χ4n) is 1.92. The zero-order valence-electron chi connectivity index (χ0n) is 12.6. The van der Waals surface area contributed by atoms with Gasteiger partial charge in [0.2, 0.25) is 0 Å². The molecular formula is C17H17BrN2O2. The van der Waals surface area contributed by atoms with E-state index in [0.717, 1.165) is 5.56 Å². The van der Waals surface area contributed by atoms with Crippen LogP contribution in [0.4, 0.5) is 0 Å². The standard InChI is InChI=1S/C17H17BrN2O2/c1-10-4-5-13(8-11(10)2)12(3)19-20-17(22)15-9-14(18)6-7-16(15)21/h4-9,21H,1-3H3,(H,20,22)/b19-12+. The Balaban J connectivity index is 2.18. The van der Waals surface area contributed by atoms with E-state index in [1.165, 1.54) is 17.2 Å². The minimum atomic E-state index is -0.456. The summed E-state index contributed by atoms with van der Waals surface area (Å²) in [6.45, 7) is 5.90. The minimum Gasteiger partial charge on any atom is -0.507 e. The Morgan fingerprint density at radius 1 is 1.14 bits per heavy atom. The number of rotatable bonds is 3. The summed E-state index contributed by atoms with van der Waals surface area (Å²) in [7, 11) is 0. The predicted octanol–water partition coefficient (Wildman–Crippen LogP) is 3.93. The molecule has 2 N–H and O–H groups in total. The van der Waals surface area contributed by atoms with E-state index in [0.29, 0.717) is 10.2 Å². The number of nitrogens with zero attached hydrogens (tertiary/aromatic N) is 1. The Bertz CT molecular complexity index is 754. The lowest BCUT2D eigenvalue weighted by Gasteiger charge is -2.07. The summed E-state index contributed by atoms with van der Waals surface area (Å²) in [5.41, 5.74) is 6.66. The van der Waals surface area contributed by atoms with E-state index in [2.05, 4.69) is 26.5 Å². The molecule has 0 fully saturated rings. The average Bonchev–Trinajstić information content (AvgIpc) is 2.49. The summed E-state index contributed by atoms with van der Waals surface area (Å²) in [6, 6.07) is 10.7. The normalized spacial score (nSPS) is 11.4. The first-order valence-corrected chi connectivity index (χ1v) is 7.58. The highest BCUT2D eigenvalue weighted by atomic mass is 79.9. The Labute approximate surface area is 138 Å². The van der Waals surface area contributed by atoms with E-state index in [4.69, 9.17) is 0 Å². The number of phenolic OH excluding ortho intramolecular Hbond substituents is 1. The SMILES string of the molecule is C/C(=N\NC(=O)c1cc(Br)ccc1O)c1ccc(C)c(C)c1. The lowest BCUT2D eigenvalue weighted by Crippen LogP contribution is -2.19. The highest BCUT2D eigenvalue weighted by Gasteiger charge is 2.11. The molecule has 22 heavy (non-hydrogen) atoms. The smallest absolute Gasteiger partial charge is 0.275 e. The number of aryl methyl sites for hydroxylation is 2. The molecule has 0 aliphatic carbocycles. The zero-order chi connectivity index (χ0) is 16.3. The molecule has 0 heterocycles. The van der Waals surface area contributed by atoms with Crippen LogP contribution in [0.1, 0.15) is 34.0 Å². The monoisotopic (exact) mass is 360 g/mol. The molecule has 4 nitrogen and oxygen atoms in total. The lowest BCUT2D eigenvalue weighted by molar-refractivity contribution is 0.0952. The third-order valence-electron chi connectivity index (χ3n) is 3.45. The maximum atomic E-state index is 12.1. The van der Waals surface area contributed by atoms with Crippen LogP contribution >= 0.6 is 15.9 Å². The number of halogens is 1. The first-order chi connectivity index (χ1) is 10.4. The molecule has 0 aromatic heterocycles. The summed E-state index contributed by atoms with van der Waals surface area (Å²) >= 11 is 3.27. The van der Waals surface area contributed by atoms with Gasteiger partial charge in [0, 0.05) is 4.47 Å². The van der Waals surface area contributed by atoms with Gasteiger partial charge in [0.05, 0.1) is 11.3 Å². The summed E-state index contributed by atoms with van der Waals surface area (Å²) in [4.78, 5) is 12.1. The zero-order valence-corrected chi connectivity index (χ0v) is 14.2. The highest BCUT2D eigenvalue weighted by Crippen LogP contribution is 2.21. The molecule has 114 valence electrons. The Kier molecular flexibility index (Phi) is 4.98. The second-order valence-corrected chi connectivity index (χ2v) is 6.01. The van der Waals surface area contributed by atoms with Gasteiger partial charge in [-0.15, -0.1) is 0 Å². The summed E-state index contributed by atoms with van der Waals surface area (Å²) in [5, 5.41) is 13.8. The van der Waals surface area contributed by atoms with Gasteiger partial charge < -0.3 is 5.11 Å². The van der Waals surface area contributed by atoms with E-state index < -0.39 is 5.91 Å². The van der Waals surface area contributed by atoms with Gasteiger partial charge in [-0.05, 0) is 61.7 Å². The van der Waals surface area contributed by atoms with Gasteiger partial charge in [0.25, 0.3) is 5.91 Å². The number of hydrogen-bond donors (Lipinski definition) is 2. The third kappa shape index (κ3) is 3.74. The fourth-order valence-corrected chi connectivity index (χ4v) is 2.28. The van der Waals surface area contributed by atoms with Crippen LogP contribution in [0.25, 0.3) is 0 Å². The maximum absolute atomic E-state index is 12.1. The van der Waals surface area contributed by atoms with Crippen molar-refractivity contribution in [3.63, 3.8) is 0 Å². The molecule has 0 atom stereocenters. The number of carbonyl (C=O) groups is 1. The first kappa shape index (κ1) is 16.2. The molecule has 0 unspecified atom stereocenters. The van der Waals surface area contributed by atoms with Crippen LogP contribution in [0.5, 0.6) is 5.75 Å². The van der Waals surface area contributed by atoms with E-state index in [1.807, 2.05) is 39.0 Å². The number of hydrazone groups is 1. The van der Waals surface area contributed by atoms with Crippen molar-refractivity contribution in [3.05, 3.63) is 63.1 Å². The number of amides is 1. The Morgan fingerprint density at radius 2 is 1.86 bits per heavy atom. The molecule has 2 aromatic rings. The van der Waals surface area contributed by atoms with Crippen LogP contribution in [0.2, 0.25) is 0 Å². The van der Waals surface area contributed by atoms with Crippen molar-refractivity contribution in [1.82, 2.24) is 5.43 Å². The van der Waals surface area contributed by atoms with Crippen LogP contribution in [0.3, 0.4) is 0 Å². The van der Waals surface area contributed by atoms with Crippen molar-refractivity contribution in [2.45, 2.75) is 20.8 Å². The van der Waals surface area contributed by atoms with Crippen molar-refractivity contribution in [1.29, 1.82) is 0 Å². The van der Waals surface area contributed by atoms with E-state index >= 15 is 0 Å².